The van der Waals surface area contributed by atoms with Crippen molar-refractivity contribution in [2.75, 3.05) is 57.8 Å². The molecule has 2 atom stereocenters. The quantitative estimate of drug-likeness (QED) is 0.641. The van der Waals surface area contributed by atoms with Crippen molar-refractivity contribution in [3.05, 3.63) is 24.3 Å². The molecule has 7 heteroatoms. The number of carbonyl (C=O) groups excluding carboxylic acids is 1. The Morgan fingerprint density at radius 3 is 2.39 bits per heavy atom. The van der Waals surface area contributed by atoms with Crippen LogP contribution in [0, 0.1) is 17.3 Å². The van der Waals surface area contributed by atoms with Crippen LogP contribution in [0.2, 0.25) is 0 Å². The Kier molecular flexibility index (Phi) is 8.63. The van der Waals surface area contributed by atoms with E-state index in [4.69, 9.17) is 4.74 Å². The van der Waals surface area contributed by atoms with Crippen molar-refractivity contribution in [3.63, 3.8) is 0 Å². The van der Waals surface area contributed by atoms with Crippen LogP contribution in [0.25, 0.3) is 0 Å². The number of para-hydroxylation sites is 2. The van der Waals surface area contributed by atoms with E-state index in [0.717, 1.165) is 57.0 Å². The van der Waals surface area contributed by atoms with Gasteiger partial charge in [-0.15, -0.1) is 0 Å². The number of hydrogen-bond acceptors (Lipinski definition) is 5. The Hall–Kier alpha value is -2.28. The molecule has 2 aliphatic rings. The number of carboxylic acid groups (broad SMARTS) is 1. The highest BCUT2D eigenvalue weighted by Crippen LogP contribution is 2.32. The van der Waals surface area contributed by atoms with E-state index in [1.54, 1.807) is 7.11 Å². The number of anilines is 1. The van der Waals surface area contributed by atoms with Crippen molar-refractivity contribution >= 4 is 17.6 Å². The minimum Gasteiger partial charge on any atom is -0.495 e. The Labute approximate surface area is 198 Å². The van der Waals surface area contributed by atoms with E-state index >= 15 is 0 Å². The molecule has 0 radical (unpaired) electrons. The number of nitrogens with zero attached hydrogens (tertiary/aromatic N) is 3. The minimum absolute atomic E-state index is 0.0361. The normalized spacial score (nSPS) is 22.3. The largest absolute Gasteiger partial charge is 0.495 e. The Morgan fingerprint density at radius 1 is 1.06 bits per heavy atom. The first-order valence-electron chi connectivity index (χ1n) is 12.3. The maximum atomic E-state index is 12.8. The molecule has 2 unspecified atom stereocenters. The predicted molar refractivity (Wildman–Crippen MR) is 131 cm³/mol. The van der Waals surface area contributed by atoms with Crippen LogP contribution in [0.3, 0.4) is 0 Å². The number of piperazine rings is 1. The van der Waals surface area contributed by atoms with Gasteiger partial charge in [-0.05, 0) is 48.8 Å². The summed E-state index contributed by atoms with van der Waals surface area (Å²) in [5.74, 6) is 0.767. The highest BCUT2D eigenvalue weighted by molar-refractivity contribution is 5.77. The van der Waals surface area contributed by atoms with E-state index in [1.165, 1.54) is 0 Å². The molecule has 2 heterocycles. The third-order valence-electron chi connectivity index (χ3n) is 6.98. The molecule has 0 saturated carbocycles. The van der Waals surface area contributed by atoms with Crippen LogP contribution in [0.4, 0.5) is 5.69 Å². The monoisotopic (exact) mass is 459 g/mol. The fourth-order valence-electron chi connectivity index (χ4n) is 5.14. The Morgan fingerprint density at radius 2 is 1.76 bits per heavy atom. The molecule has 7 nitrogen and oxygen atoms in total. The lowest BCUT2D eigenvalue weighted by Gasteiger charge is -2.41. The molecule has 2 saturated heterocycles. The highest BCUT2D eigenvalue weighted by Gasteiger charge is 2.34. The van der Waals surface area contributed by atoms with Gasteiger partial charge in [-0.3, -0.25) is 14.5 Å². The van der Waals surface area contributed by atoms with Crippen molar-refractivity contribution < 1.29 is 19.4 Å². The molecule has 0 bridgehead atoms. The number of carbonyl (C=O) groups is 2. The number of piperidine rings is 1. The van der Waals surface area contributed by atoms with E-state index in [2.05, 4.69) is 36.6 Å². The molecule has 0 aliphatic carbocycles. The van der Waals surface area contributed by atoms with Gasteiger partial charge in [0.05, 0.1) is 12.8 Å². The second-order valence-electron chi connectivity index (χ2n) is 10.8. The summed E-state index contributed by atoms with van der Waals surface area (Å²) in [5, 5.41) is 9.40. The van der Waals surface area contributed by atoms with Crippen LogP contribution in [-0.4, -0.2) is 79.7 Å². The molecule has 2 fully saturated rings. The molecule has 1 amide bonds. The number of benzene rings is 1. The van der Waals surface area contributed by atoms with Gasteiger partial charge in [0.1, 0.15) is 5.75 Å². The van der Waals surface area contributed by atoms with Crippen molar-refractivity contribution in [2.45, 2.75) is 46.5 Å². The molecular weight excluding hydrogens is 418 g/mol. The first-order chi connectivity index (χ1) is 15.7. The fourth-order valence-corrected chi connectivity index (χ4v) is 5.14. The summed E-state index contributed by atoms with van der Waals surface area (Å²) >= 11 is 0. The van der Waals surface area contributed by atoms with Crippen LogP contribution < -0.4 is 9.64 Å². The molecule has 1 N–H and O–H groups in total. The molecule has 184 valence electrons. The zero-order chi connectivity index (χ0) is 24.0. The van der Waals surface area contributed by atoms with Crippen LogP contribution >= 0.6 is 0 Å². The number of ether oxygens (including phenoxy) is 1. The first kappa shape index (κ1) is 25.3. The smallest absolute Gasteiger partial charge is 0.303 e. The topological polar surface area (TPSA) is 73.3 Å². The summed E-state index contributed by atoms with van der Waals surface area (Å²) in [6, 6.07) is 8.14. The van der Waals surface area contributed by atoms with Gasteiger partial charge in [0.15, 0.2) is 0 Å². The van der Waals surface area contributed by atoms with Gasteiger partial charge in [-0.2, -0.15) is 0 Å². The number of methoxy groups -OCH3 is 1. The molecule has 33 heavy (non-hydrogen) atoms. The van der Waals surface area contributed by atoms with Crippen molar-refractivity contribution in [2.24, 2.45) is 17.3 Å². The molecule has 0 aromatic heterocycles. The zero-order valence-electron chi connectivity index (χ0n) is 20.8. The van der Waals surface area contributed by atoms with Crippen molar-refractivity contribution in [1.82, 2.24) is 9.80 Å². The number of rotatable bonds is 8. The molecule has 2 aliphatic heterocycles. The minimum atomic E-state index is -0.732. The fraction of sp³-hybridized carbons (Fsp3) is 0.692. The standard InChI is InChI=1S/C26H41N3O4/c1-26(2,3)18-24(30)29-12-10-20(17-25(31)32)21(19-29)9-11-27-13-15-28(16-14-27)22-7-5-6-8-23(22)33-4/h5-8,20-21H,9-19H2,1-4H3,(H,31,32). The SMILES string of the molecule is COc1ccccc1N1CCN(CCC2CN(C(=O)CC(C)(C)C)CCC2CC(=O)O)CC1. The molecule has 0 spiro atoms. The van der Waals surface area contributed by atoms with E-state index in [9.17, 15) is 14.7 Å². The van der Waals surface area contributed by atoms with Crippen LogP contribution in [-0.2, 0) is 9.59 Å². The van der Waals surface area contributed by atoms with E-state index in [1.807, 2.05) is 23.1 Å². The first-order valence-corrected chi connectivity index (χ1v) is 12.3. The summed E-state index contributed by atoms with van der Waals surface area (Å²) in [5.41, 5.74) is 1.10. The van der Waals surface area contributed by atoms with Gasteiger partial charge in [0.2, 0.25) is 5.91 Å². The third kappa shape index (κ3) is 7.36. The molecular formula is C26H41N3O4. The lowest BCUT2D eigenvalue weighted by atomic mass is 9.80. The maximum Gasteiger partial charge on any atom is 0.303 e. The average molecular weight is 460 g/mol. The predicted octanol–water partition coefficient (Wildman–Crippen LogP) is 3.58. The van der Waals surface area contributed by atoms with Crippen LogP contribution in [0.1, 0.15) is 46.5 Å². The van der Waals surface area contributed by atoms with Gasteiger partial charge in [-0.1, -0.05) is 32.9 Å². The summed E-state index contributed by atoms with van der Waals surface area (Å²) in [6.45, 7) is 12.4. The van der Waals surface area contributed by atoms with E-state index < -0.39 is 5.97 Å². The summed E-state index contributed by atoms with van der Waals surface area (Å²) in [4.78, 5) is 31.1. The average Bonchev–Trinajstić information content (AvgIpc) is 2.77. The maximum absolute atomic E-state index is 12.8. The number of amides is 1. The second-order valence-corrected chi connectivity index (χ2v) is 10.8. The van der Waals surface area contributed by atoms with Crippen LogP contribution in [0.5, 0.6) is 5.75 Å². The Balaban J connectivity index is 1.54. The lowest BCUT2D eigenvalue weighted by Crippen LogP contribution is -2.49. The van der Waals surface area contributed by atoms with Gasteiger partial charge >= 0.3 is 5.97 Å². The van der Waals surface area contributed by atoms with Crippen LogP contribution in [0.15, 0.2) is 24.3 Å². The van der Waals surface area contributed by atoms with Gasteiger partial charge in [0, 0.05) is 52.1 Å². The lowest BCUT2D eigenvalue weighted by molar-refractivity contribution is -0.140. The number of likely N-dealkylation sites (tertiary alicyclic amines) is 1. The van der Waals surface area contributed by atoms with Gasteiger partial charge < -0.3 is 19.6 Å². The van der Waals surface area contributed by atoms with E-state index in [-0.39, 0.29) is 29.6 Å². The molecule has 1 aromatic rings. The van der Waals surface area contributed by atoms with Gasteiger partial charge in [-0.25, -0.2) is 0 Å². The summed E-state index contributed by atoms with van der Waals surface area (Å²) in [6.07, 6.45) is 2.46. The highest BCUT2D eigenvalue weighted by atomic mass is 16.5. The second kappa shape index (κ2) is 11.2. The molecule has 3 rings (SSSR count). The third-order valence-corrected chi connectivity index (χ3v) is 6.98. The summed E-state index contributed by atoms with van der Waals surface area (Å²) in [7, 11) is 1.71. The summed E-state index contributed by atoms with van der Waals surface area (Å²) < 4.78 is 5.52. The number of hydrogen-bond donors (Lipinski definition) is 1. The van der Waals surface area contributed by atoms with E-state index in [0.29, 0.717) is 19.5 Å². The zero-order valence-corrected chi connectivity index (χ0v) is 20.8. The Bertz CT molecular complexity index is 799. The number of carboxylic acids is 1. The number of aliphatic carboxylic acids is 1. The van der Waals surface area contributed by atoms with Crippen molar-refractivity contribution in [1.29, 1.82) is 0 Å². The van der Waals surface area contributed by atoms with Gasteiger partial charge in [0.25, 0.3) is 0 Å². The van der Waals surface area contributed by atoms with Crippen molar-refractivity contribution in [3.8, 4) is 5.75 Å². The molecule has 1 aromatic carbocycles.